The van der Waals surface area contributed by atoms with Gasteiger partial charge < -0.3 is 0 Å². The van der Waals surface area contributed by atoms with Gasteiger partial charge in [-0.1, -0.05) is 38.3 Å². The fourth-order valence-electron chi connectivity index (χ4n) is 0.954. The molecule has 0 fully saturated rings. The van der Waals surface area contributed by atoms with Crippen molar-refractivity contribution < 1.29 is 18.1 Å². The van der Waals surface area contributed by atoms with Gasteiger partial charge in [-0.15, -0.1) is 11.6 Å². The first-order valence-corrected chi connectivity index (χ1v) is 9.64. The van der Waals surface area contributed by atoms with Crippen LogP contribution in [0, 0.1) is 0 Å². The van der Waals surface area contributed by atoms with Crippen LogP contribution in [0.3, 0.4) is 0 Å². The van der Waals surface area contributed by atoms with Crippen LogP contribution in [0.4, 0.5) is 0 Å². The molecule has 1 unspecified atom stereocenters. The molecule has 0 amide bonds. The van der Waals surface area contributed by atoms with Crippen molar-refractivity contribution in [2.45, 2.75) is 19.3 Å². The number of hydrogen-bond acceptors (Lipinski definition) is 4. The number of phosphoric ester groups is 1. The van der Waals surface area contributed by atoms with E-state index >= 15 is 0 Å². The standard InChI is InChI=1S/C9H18Br2ClO4P/c10-4-2-1-3-7-14-17(13,15-8-5-11)16-9-6-12/h1-9H2. The molecule has 0 aromatic rings. The zero-order valence-electron chi connectivity index (χ0n) is 9.58. The van der Waals surface area contributed by atoms with E-state index in [4.69, 9.17) is 25.2 Å². The second-order valence-corrected chi connectivity index (χ2v) is 6.71. The van der Waals surface area contributed by atoms with E-state index in [2.05, 4.69) is 31.9 Å². The molecular weight excluding hydrogens is 398 g/mol. The fourth-order valence-corrected chi connectivity index (χ4v) is 3.15. The van der Waals surface area contributed by atoms with E-state index in [1.165, 1.54) is 0 Å². The quantitative estimate of drug-likeness (QED) is 0.270. The van der Waals surface area contributed by atoms with Crippen molar-refractivity contribution in [3.63, 3.8) is 0 Å². The van der Waals surface area contributed by atoms with E-state index < -0.39 is 7.82 Å². The maximum atomic E-state index is 12.0. The van der Waals surface area contributed by atoms with Gasteiger partial charge >= 0.3 is 7.82 Å². The van der Waals surface area contributed by atoms with Crippen molar-refractivity contribution >= 4 is 51.3 Å². The summed E-state index contributed by atoms with van der Waals surface area (Å²) in [4.78, 5) is 0. The molecule has 17 heavy (non-hydrogen) atoms. The molecule has 0 aromatic carbocycles. The second kappa shape index (κ2) is 12.4. The van der Waals surface area contributed by atoms with Crippen LogP contribution in [0.5, 0.6) is 0 Å². The largest absolute Gasteiger partial charge is 0.474 e. The molecular formula is C9H18Br2ClO4P. The highest BCUT2D eigenvalue weighted by Crippen LogP contribution is 2.49. The van der Waals surface area contributed by atoms with Gasteiger partial charge in [-0.3, -0.25) is 13.6 Å². The maximum Gasteiger partial charge on any atom is 0.474 e. The first kappa shape index (κ1) is 18.4. The summed E-state index contributed by atoms with van der Waals surface area (Å²) in [6.07, 6.45) is 2.91. The molecule has 0 heterocycles. The first-order valence-electron chi connectivity index (χ1n) is 5.40. The minimum atomic E-state index is -3.43. The van der Waals surface area contributed by atoms with Crippen LogP contribution in [0.1, 0.15) is 19.3 Å². The summed E-state index contributed by atoms with van der Waals surface area (Å²) >= 11 is 12.0. The van der Waals surface area contributed by atoms with Crippen molar-refractivity contribution in [3.8, 4) is 0 Å². The smallest absolute Gasteiger partial charge is 0.287 e. The number of phosphoric acid groups is 1. The van der Waals surface area contributed by atoms with Gasteiger partial charge in [-0.2, -0.15) is 0 Å². The highest BCUT2D eigenvalue weighted by molar-refractivity contribution is 9.09. The molecule has 0 saturated heterocycles. The Balaban J connectivity index is 3.87. The first-order chi connectivity index (χ1) is 8.18. The molecule has 104 valence electrons. The third-order valence-electron chi connectivity index (χ3n) is 1.68. The van der Waals surface area contributed by atoms with Crippen molar-refractivity contribution in [3.05, 3.63) is 0 Å². The van der Waals surface area contributed by atoms with Gasteiger partial charge in [0.05, 0.1) is 19.8 Å². The minimum Gasteiger partial charge on any atom is -0.287 e. The zero-order chi connectivity index (χ0) is 13.0. The highest BCUT2D eigenvalue weighted by atomic mass is 79.9. The monoisotopic (exact) mass is 414 g/mol. The van der Waals surface area contributed by atoms with Crippen molar-refractivity contribution in [1.29, 1.82) is 0 Å². The molecule has 0 radical (unpaired) electrons. The predicted octanol–water partition coefficient (Wildman–Crippen LogP) is 4.34. The predicted molar refractivity (Wildman–Crippen MR) is 77.6 cm³/mol. The van der Waals surface area contributed by atoms with Gasteiger partial charge in [-0.25, -0.2) is 4.57 Å². The Morgan fingerprint density at radius 3 is 2.12 bits per heavy atom. The summed E-state index contributed by atoms with van der Waals surface area (Å²) in [5.74, 6) is 0.259. The number of halogens is 3. The van der Waals surface area contributed by atoms with Crippen molar-refractivity contribution in [1.82, 2.24) is 0 Å². The summed E-state index contributed by atoms with van der Waals surface area (Å²) in [5, 5.41) is 1.54. The average Bonchev–Trinajstić information content (AvgIpc) is 2.34. The van der Waals surface area contributed by atoms with Crippen LogP contribution in [-0.2, 0) is 18.1 Å². The Morgan fingerprint density at radius 1 is 0.882 bits per heavy atom. The van der Waals surface area contributed by atoms with E-state index in [9.17, 15) is 4.57 Å². The van der Waals surface area contributed by atoms with Crippen LogP contribution in [0.2, 0.25) is 0 Å². The summed E-state index contributed by atoms with van der Waals surface area (Å²) in [6, 6.07) is 0. The van der Waals surface area contributed by atoms with E-state index in [1.54, 1.807) is 0 Å². The van der Waals surface area contributed by atoms with Gasteiger partial charge in [0.15, 0.2) is 0 Å². The zero-order valence-corrected chi connectivity index (χ0v) is 14.4. The van der Waals surface area contributed by atoms with Crippen molar-refractivity contribution in [2.24, 2.45) is 0 Å². The van der Waals surface area contributed by atoms with Crippen LogP contribution in [0.25, 0.3) is 0 Å². The molecule has 0 saturated carbocycles. The Morgan fingerprint density at radius 2 is 1.53 bits per heavy atom. The Bertz CT molecular complexity index is 209. The lowest BCUT2D eigenvalue weighted by molar-refractivity contribution is 0.121. The SMILES string of the molecule is O=P(OCCCl)(OCCBr)OCCCCCBr. The van der Waals surface area contributed by atoms with Gasteiger partial charge in [-0.05, 0) is 12.8 Å². The normalized spacial score (nSPS) is 14.8. The molecule has 0 spiro atoms. The number of unbranched alkanes of at least 4 members (excludes halogenated alkanes) is 2. The minimum absolute atomic E-state index is 0.155. The Labute approximate surface area is 125 Å². The van der Waals surface area contributed by atoms with Crippen LogP contribution in [0.15, 0.2) is 0 Å². The molecule has 0 aliphatic carbocycles. The van der Waals surface area contributed by atoms with E-state index in [1.807, 2.05) is 0 Å². The van der Waals surface area contributed by atoms with Crippen LogP contribution >= 0.6 is 51.3 Å². The Kier molecular flexibility index (Phi) is 13.4. The molecule has 0 bridgehead atoms. The summed E-state index contributed by atoms with van der Waals surface area (Å²) in [7, 11) is -3.43. The van der Waals surface area contributed by atoms with Gasteiger partial charge in [0.2, 0.25) is 0 Å². The van der Waals surface area contributed by atoms with Gasteiger partial charge in [0.1, 0.15) is 0 Å². The second-order valence-electron chi connectivity index (χ2n) is 3.07. The van der Waals surface area contributed by atoms with Crippen LogP contribution < -0.4 is 0 Å². The summed E-state index contributed by atoms with van der Waals surface area (Å²) < 4.78 is 27.3. The third kappa shape index (κ3) is 10.9. The molecule has 0 rings (SSSR count). The molecule has 1 atom stereocenters. The summed E-state index contributed by atoms with van der Waals surface area (Å²) in [6.45, 7) is 0.804. The number of rotatable bonds is 12. The lowest BCUT2D eigenvalue weighted by Gasteiger charge is -2.16. The van der Waals surface area contributed by atoms with Gasteiger partial charge in [0, 0.05) is 16.5 Å². The molecule has 0 aromatic heterocycles. The number of hydrogen-bond donors (Lipinski definition) is 0. The number of alkyl halides is 3. The molecule has 0 N–H and O–H groups in total. The lowest BCUT2D eigenvalue weighted by Crippen LogP contribution is -2.05. The van der Waals surface area contributed by atoms with Gasteiger partial charge in [0.25, 0.3) is 0 Å². The van der Waals surface area contributed by atoms with Crippen LogP contribution in [-0.4, -0.2) is 36.4 Å². The fraction of sp³-hybridized carbons (Fsp3) is 1.00. The third-order valence-corrected chi connectivity index (χ3v) is 4.22. The molecule has 0 aliphatic rings. The molecule has 0 aliphatic heterocycles. The molecule has 8 heteroatoms. The van der Waals surface area contributed by atoms with E-state index in [0.29, 0.717) is 11.9 Å². The van der Waals surface area contributed by atoms with Crippen molar-refractivity contribution in [2.75, 3.05) is 36.4 Å². The summed E-state index contributed by atoms with van der Waals surface area (Å²) in [5.41, 5.74) is 0. The maximum absolute atomic E-state index is 12.0. The van der Waals surface area contributed by atoms with E-state index in [-0.39, 0.29) is 19.1 Å². The van der Waals surface area contributed by atoms with E-state index in [0.717, 1.165) is 24.6 Å². The topological polar surface area (TPSA) is 44.8 Å². The molecule has 4 nitrogen and oxygen atoms in total. The lowest BCUT2D eigenvalue weighted by atomic mass is 10.3. The Hall–Kier alpha value is 1.36. The average molecular weight is 416 g/mol. The highest BCUT2D eigenvalue weighted by Gasteiger charge is 2.25.